The van der Waals surface area contributed by atoms with Crippen LogP contribution in [0.25, 0.3) is 0 Å². The van der Waals surface area contributed by atoms with E-state index in [0.717, 1.165) is 31.1 Å². The smallest absolute Gasteiger partial charge is 0.0521 e. The molecule has 0 radical (unpaired) electrons. The molecule has 2 atom stereocenters. The zero-order valence-electron chi connectivity index (χ0n) is 8.91. The molecule has 2 aliphatic heterocycles. The molecule has 3 nitrogen and oxygen atoms in total. The molecule has 3 fully saturated rings. The molecule has 1 saturated carbocycles. The SMILES string of the molecule is CNC1C2COCC1CN(C1CC1)C2. The van der Waals surface area contributed by atoms with E-state index in [1.165, 1.54) is 25.9 Å². The number of nitrogens with one attached hydrogen (secondary N) is 1. The number of ether oxygens (including phenoxy) is 1. The summed E-state index contributed by atoms with van der Waals surface area (Å²) in [6, 6.07) is 1.63. The van der Waals surface area contributed by atoms with Crippen LogP contribution in [0.3, 0.4) is 0 Å². The molecule has 0 spiro atoms. The van der Waals surface area contributed by atoms with Crippen molar-refractivity contribution in [3.8, 4) is 0 Å². The third-order valence-electron chi connectivity index (χ3n) is 4.01. The highest BCUT2D eigenvalue weighted by Gasteiger charge is 2.43. The molecule has 1 N–H and O–H groups in total. The van der Waals surface area contributed by atoms with Crippen molar-refractivity contribution in [2.45, 2.75) is 24.9 Å². The predicted octanol–water partition coefficient (Wildman–Crippen LogP) is 0.315. The number of piperidine rings is 1. The van der Waals surface area contributed by atoms with Gasteiger partial charge in [0.15, 0.2) is 0 Å². The van der Waals surface area contributed by atoms with Crippen molar-refractivity contribution in [2.75, 3.05) is 33.4 Å². The number of nitrogens with zero attached hydrogens (tertiary/aromatic N) is 1. The molecular formula is C11H20N2O. The first-order chi connectivity index (χ1) is 6.88. The van der Waals surface area contributed by atoms with Crippen molar-refractivity contribution in [1.29, 1.82) is 0 Å². The second-order valence-electron chi connectivity index (χ2n) is 5.06. The van der Waals surface area contributed by atoms with Gasteiger partial charge in [0.2, 0.25) is 0 Å². The Balaban J connectivity index is 1.71. The Hall–Kier alpha value is -0.120. The van der Waals surface area contributed by atoms with E-state index in [2.05, 4.69) is 17.3 Å². The van der Waals surface area contributed by atoms with Gasteiger partial charge in [0.1, 0.15) is 0 Å². The summed E-state index contributed by atoms with van der Waals surface area (Å²) in [7, 11) is 2.10. The van der Waals surface area contributed by atoms with E-state index >= 15 is 0 Å². The maximum Gasteiger partial charge on any atom is 0.0521 e. The maximum atomic E-state index is 5.65. The average Bonchev–Trinajstić information content (AvgIpc) is 2.98. The van der Waals surface area contributed by atoms with Gasteiger partial charge in [-0.2, -0.15) is 0 Å². The first-order valence-corrected chi connectivity index (χ1v) is 5.87. The lowest BCUT2D eigenvalue weighted by atomic mass is 9.82. The second-order valence-corrected chi connectivity index (χ2v) is 5.06. The van der Waals surface area contributed by atoms with E-state index < -0.39 is 0 Å². The molecular weight excluding hydrogens is 176 g/mol. The summed E-state index contributed by atoms with van der Waals surface area (Å²) in [6.07, 6.45) is 2.87. The van der Waals surface area contributed by atoms with Gasteiger partial charge in [-0.1, -0.05) is 0 Å². The minimum absolute atomic E-state index is 0.707. The number of hydrogen-bond acceptors (Lipinski definition) is 3. The van der Waals surface area contributed by atoms with E-state index in [4.69, 9.17) is 4.74 Å². The Morgan fingerprint density at radius 1 is 1.14 bits per heavy atom. The van der Waals surface area contributed by atoms with E-state index in [-0.39, 0.29) is 0 Å². The molecule has 0 aromatic rings. The molecule has 2 saturated heterocycles. The number of likely N-dealkylation sites (tertiary alicyclic amines) is 1. The largest absolute Gasteiger partial charge is 0.381 e. The van der Waals surface area contributed by atoms with Crippen LogP contribution in [-0.4, -0.2) is 50.3 Å². The van der Waals surface area contributed by atoms with Crippen molar-refractivity contribution in [1.82, 2.24) is 10.2 Å². The van der Waals surface area contributed by atoms with Crippen molar-refractivity contribution in [2.24, 2.45) is 11.8 Å². The molecule has 2 bridgehead atoms. The molecule has 3 aliphatic rings. The first-order valence-electron chi connectivity index (χ1n) is 5.87. The van der Waals surface area contributed by atoms with Gasteiger partial charge in [-0.25, -0.2) is 0 Å². The van der Waals surface area contributed by atoms with Gasteiger partial charge in [0.25, 0.3) is 0 Å². The molecule has 1 aliphatic carbocycles. The zero-order valence-corrected chi connectivity index (χ0v) is 8.91. The monoisotopic (exact) mass is 196 g/mol. The zero-order chi connectivity index (χ0) is 9.54. The molecule has 14 heavy (non-hydrogen) atoms. The Bertz CT molecular complexity index is 203. The standard InChI is InChI=1S/C11H20N2O/c1-12-11-8-4-13(10-2-3-10)5-9(11)7-14-6-8/h8-12H,2-7H2,1H3. The lowest BCUT2D eigenvalue weighted by Crippen LogP contribution is -2.60. The third-order valence-corrected chi connectivity index (χ3v) is 4.01. The second kappa shape index (κ2) is 3.47. The lowest BCUT2D eigenvalue weighted by Gasteiger charge is -2.47. The topological polar surface area (TPSA) is 24.5 Å². The molecule has 0 aromatic carbocycles. The fraction of sp³-hybridized carbons (Fsp3) is 1.00. The molecule has 0 amide bonds. The highest BCUT2D eigenvalue weighted by atomic mass is 16.5. The van der Waals surface area contributed by atoms with Crippen LogP contribution < -0.4 is 5.32 Å². The average molecular weight is 196 g/mol. The summed E-state index contributed by atoms with van der Waals surface area (Å²) >= 11 is 0. The number of fused-ring (bicyclic) bond motifs is 2. The summed E-state index contributed by atoms with van der Waals surface area (Å²) in [5.41, 5.74) is 0. The summed E-state index contributed by atoms with van der Waals surface area (Å²) in [5, 5.41) is 3.48. The highest BCUT2D eigenvalue weighted by molar-refractivity contribution is 4.97. The summed E-state index contributed by atoms with van der Waals surface area (Å²) in [4.78, 5) is 2.70. The molecule has 0 aromatic heterocycles. The van der Waals surface area contributed by atoms with Crippen LogP contribution >= 0.6 is 0 Å². The summed E-state index contributed by atoms with van der Waals surface area (Å²) in [5.74, 6) is 1.46. The van der Waals surface area contributed by atoms with Crippen LogP contribution in [-0.2, 0) is 4.74 Å². The summed E-state index contributed by atoms with van der Waals surface area (Å²) in [6.45, 7) is 4.44. The van der Waals surface area contributed by atoms with Crippen LogP contribution in [0.4, 0.5) is 0 Å². The summed E-state index contributed by atoms with van der Waals surface area (Å²) < 4.78 is 5.65. The van der Waals surface area contributed by atoms with Gasteiger partial charge in [-0.15, -0.1) is 0 Å². The van der Waals surface area contributed by atoms with E-state index in [9.17, 15) is 0 Å². The number of hydrogen-bond donors (Lipinski definition) is 1. The molecule has 2 unspecified atom stereocenters. The molecule has 3 rings (SSSR count). The van der Waals surface area contributed by atoms with Crippen molar-refractivity contribution >= 4 is 0 Å². The van der Waals surface area contributed by atoms with Gasteiger partial charge >= 0.3 is 0 Å². The van der Waals surface area contributed by atoms with Crippen LogP contribution in [0.15, 0.2) is 0 Å². The Morgan fingerprint density at radius 3 is 2.29 bits per heavy atom. The Labute approximate surface area is 85.8 Å². The molecule has 3 heteroatoms. The van der Waals surface area contributed by atoms with Crippen LogP contribution in [0.2, 0.25) is 0 Å². The van der Waals surface area contributed by atoms with Crippen LogP contribution in [0.1, 0.15) is 12.8 Å². The van der Waals surface area contributed by atoms with E-state index in [1.807, 2.05) is 0 Å². The lowest BCUT2D eigenvalue weighted by molar-refractivity contribution is -0.0646. The molecule has 80 valence electrons. The van der Waals surface area contributed by atoms with Gasteiger partial charge < -0.3 is 10.1 Å². The fourth-order valence-electron chi connectivity index (χ4n) is 3.18. The quantitative estimate of drug-likeness (QED) is 0.688. The normalized spacial score (nSPS) is 43.9. The van der Waals surface area contributed by atoms with Gasteiger partial charge in [-0.3, -0.25) is 4.90 Å². The van der Waals surface area contributed by atoms with Crippen molar-refractivity contribution in [3.63, 3.8) is 0 Å². The van der Waals surface area contributed by atoms with E-state index in [1.54, 1.807) is 0 Å². The van der Waals surface area contributed by atoms with Gasteiger partial charge in [0.05, 0.1) is 13.2 Å². The number of rotatable bonds is 2. The minimum atomic E-state index is 0.707. The van der Waals surface area contributed by atoms with Gasteiger partial charge in [0, 0.05) is 37.0 Å². The maximum absolute atomic E-state index is 5.65. The fourth-order valence-corrected chi connectivity index (χ4v) is 3.18. The predicted molar refractivity (Wildman–Crippen MR) is 55.2 cm³/mol. The third kappa shape index (κ3) is 1.47. The Morgan fingerprint density at radius 2 is 1.79 bits per heavy atom. The van der Waals surface area contributed by atoms with E-state index in [0.29, 0.717) is 6.04 Å². The first kappa shape index (κ1) is 9.13. The highest BCUT2D eigenvalue weighted by Crippen LogP contribution is 2.35. The Kier molecular flexibility index (Phi) is 2.26. The van der Waals surface area contributed by atoms with Gasteiger partial charge in [-0.05, 0) is 19.9 Å². The van der Waals surface area contributed by atoms with Crippen LogP contribution in [0.5, 0.6) is 0 Å². The molecule has 2 heterocycles. The minimum Gasteiger partial charge on any atom is -0.381 e. The van der Waals surface area contributed by atoms with Crippen molar-refractivity contribution in [3.05, 3.63) is 0 Å². The van der Waals surface area contributed by atoms with Crippen molar-refractivity contribution < 1.29 is 4.74 Å². The van der Waals surface area contributed by atoms with Crippen LogP contribution in [0, 0.1) is 11.8 Å².